The van der Waals surface area contributed by atoms with Crippen LogP contribution in [0.1, 0.15) is 25.3 Å². The fraction of sp³-hybridized carbons (Fsp3) is 0.412. The molecule has 108 valence electrons. The van der Waals surface area contributed by atoms with E-state index in [9.17, 15) is 0 Å². The van der Waals surface area contributed by atoms with Crippen LogP contribution in [0, 0.1) is 6.92 Å². The number of fused-ring (bicyclic) bond motifs is 1. The summed E-state index contributed by atoms with van der Waals surface area (Å²) in [7, 11) is 0. The molecule has 0 N–H and O–H groups in total. The topological polar surface area (TPSA) is 18.5 Å². The molecule has 0 atom stereocenters. The van der Waals surface area contributed by atoms with Crippen LogP contribution in [-0.4, -0.2) is 18.5 Å². The first kappa shape index (κ1) is 15.2. The lowest BCUT2D eigenvalue weighted by Crippen LogP contribution is -1.99. The van der Waals surface area contributed by atoms with Gasteiger partial charge in [-0.25, -0.2) is 0 Å². The highest BCUT2D eigenvalue weighted by Gasteiger charge is 2.05. The highest BCUT2D eigenvalue weighted by Crippen LogP contribution is 2.30. The normalized spacial score (nSPS) is 10.8. The maximum Gasteiger partial charge on any atom is 0.122 e. The lowest BCUT2D eigenvalue weighted by molar-refractivity contribution is 0.315. The van der Waals surface area contributed by atoms with Gasteiger partial charge in [0.15, 0.2) is 0 Å². The van der Waals surface area contributed by atoms with Crippen molar-refractivity contribution < 1.29 is 9.47 Å². The average molecular weight is 337 g/mol. The van der Waals surface area contributed by atoms with Gasteiger partial charge in [0.1, 0.15) is 11.5 Å². The number of hydrogen-bond donors (Lipinski definition) is 0. The van der Waals surface area contributed by atoms with E-state index < -0.39 is 0 Å². The Labute approximate surface area is 129 Å². The third kappa shape index (κ3) is 3.66. The molecule has 0 radical (unpaired) electrons. The molecule has 0 aliphatic rings. The molecule has 3 heteroatoms. The Hall–Kier alpha value is -1.22. The van der Waals surface area contributed by atoms with Gasteiger partial charge in [-0.05, 0) is 54.3 Å². The molecule has 2 aromatic rings. The van der Waals surface area contributed by atoms with Gasteiger partial charge in [-0.1, -0.05) is 35.0 Å². The van der Waals surface area contributed by atoms with E-state index in [4.69, 9.17) is 9.47 Å². The molecule has 0 bridgehead atoms. The Balaban J connectivity index is 2.22. The minimum atomic E-state index is 0.743. The number of rotatable bonds is 7. The molecule has 0 aliphatic heterocycles. The summed E-state index contributed by atoms with van der Waals surface area (Å²) in [5, 5.41) is 3.40. The van der Waals surface area contributed by atoms with Crippen LogP contribution >= 0.6 is 15.9 Å². The number of aryl methyl sites for hydroxylation is 1. The summed E-state index contributed by atoms with van der Waals surface area (Å²) < 4.78 is 11.5. The van der Waals surface area contributed by atoms with Crippen LogP contribution in [-0.2, 0) is 0 Å². The SMILES string of the molecule is CCCOc1ccc2cc(OCCCBr)ccc2c1C. The van der Waals surface area contributed by atoms with Crippen LogP contribution in [0.5, 0.6) is 11.5 Å². The van der Waals surface area contributed by atoms with Crippen molar-refractivity contribution in [3.05, 3.63) is 35.9 Å². The van der Waals surface area contributed by atoms with Gasteiger partial charge in [0.2, 0.25) is 0 Å². The molecular formula is C17H21BrO2. The summed E-state index contributed by atoms with van der Waals surface area (Å²) in [5.74, 6) is 1.91. The molecule has 0 heterocycles. The van der Waals surface area contributed by atoms with E-state index in [2.05, 4.69) is 54.0 Å². The molecule has 0 saturated carbocycles. The second-order valence-electron chi connectivity index (χ2n) is 4.81. The third-order valence-corrected chi connectivity index (χ3v) is 3.78. The van der Waals surface area contributed by atoms with Crippen LogP contribution in [0.3, 0.4) is 0 Å². The molecule has 0 amide bonds. The minimum absolute atomic E-state index is 0.743. The van der Waals surface area contributed by atoms with E-state index in [1.807, 2.05) is 6.07 Å². The number of alkyl halides is 1. The van der Waals surface area contributed by atoms with Gasteiger partial charge in [0.25, 0.3) is 0 Å². The summed E-state index contributed by atoms with van der Waals surface area (Å²) in [5.41, 5.74) is 1.20. The molecule has 2 rings (SSSR count). The molecule has 0 spiro atoms. The highest BCUT2D eigenvalue weighted by molar-refractivity contribution is 9.09. The van der Waals surface area contributed by atoms with Gasteiger partial charge in [0, 0.05) is 5.33 Å². The monoisotopic (exact) mass is 336 g/mol. The number of halogens is 1. The second kappa shape index (κ2) is 7.53. The molecule has 2 aromatic carbocycles. The molecule has 0 saturated heterocycles. The van der Waals surface area contributed by atoms with Crippen LogP contribution in [0.2, 0.25) is 0 Å². The smallest absolute Gasteiger partial charge is 0.122 e. The quantitative estimate of drug-likeness (QED) is 0.517. The van der Waals surface area contributed by atoms with Crippen molar-refractivity contribution in [2.24, 2.45) is 0 Å². The predicted molar refractivity (Wildman–Crippen MR) is 88.4 cm³/mol. The Kier molecular flexibility index (Phi) is 5.72. The van der Waals surface area contributed by atoms with E-state index in [0.29, 0.717) is 0 Å². The van der Waals surface area contributed by atoms with Crippen molar-refractivity contribution in [3.8, 4) is 11.5 Å². The zero-order chi connectivity index (χ0) is 14.4. The first-order chi connectivity index (χ1) is 9.76. The standard InChI is InChI=1S/C17H21BrO2/c1-3-10-20-17-8-5-14-12-15(19-11-4-9-18)6-7-16(14)13(17)2/h5-8,12H,3-4,9-11H2,1-2H3. The van der Waals surface area contributed by atoms with Crippen molar-refractivity contribution in [1.82, 2.24) is 0 Å². The number of ether oxygens (including phenoxy) is 2. The van der Waals surface area contributed by atoms with Crippen molar-refractivity contribution in [2.75, 3.05) is 18.5 Å². The molecule has 0 unspecified atom stereocenters. The molecular weight excluding hydrogens is 316 g/mol. The van der Waals surface area contributed by atoms with E-state index in [1.54, 1.807) is 0 Å². The Morgan fingerprint density at radius 1 is 1.05 bits per heavy atom. The molecule has 0 fully saturated rings. The first-order valence-electron chi connectivity index (χ1n) is 7.11. The van der Waals surface area contributed by atoms with Gasteiger partial charge >= 0.3 is 0 Å². The van der Waals surface area contributed by atoms with E-state index in [-0.39, 0.29) is 0 Å². The lowest BCUT2D eigenvalue weighted by Gasteiger charge is -2.12. The Bertz CT molecular complexity index is 566. The Morgan fingerprint density at radius 3 is 2.65 bits per heavy atom. The van der Waals surface area contributed by atoms with Crippen LogP contribution in [0.15, 0.2) is 30.3 Å². The predicted octanol–water partition coefficient (Wildman–Crippen LogP) is 5.10. The fourth-order valence-corrected chi connectivity index (χ4v) is 2.38. The summed E-state index contributed by atoms with van der Waals surface area (Å²) >= 11 is 3.41. The minimum Gasteiger partial charge on any atom is -0.494 e. The van der Waals surface area contributed by atoms with Gasteiger partial charge in [-0.2, -0.15) is 0 Å². The zero-order valence-corrected chi connectivity index (χ0v) is 13.7. The van der Waals surface area contributed by atoms with Crippen molar-refractivity contribution in [2.45, 2.75) is 26.7 Å². The maximum absolute atomic E-state index is 5.77. The molecule has 20 heavy (non-hydrogen) atoms. The molecule has 0 aliphatic carbocycles. The fourth-order valence-electron chi connectivity index (χ4n) is 2.15. The van der Waals surface area contributed by atoms with Crippen LogP contribution < -0.4 is 9.47 Å². The van der Waals surface area contributed by atoms with Crippen LogP contribution in [0.4, 0.5) is 0 Å². The summed E-state index contributed by atoms with van der Waals surface area (Å²) in [6.45, 7) is 5.74. The zero-order valence-electron chi connectivity index (χ0n) is 12.1. The van der Waals surface area contributed by atoms with Crippen molar-refractivity contribution in [1.29, 1.82) is 0 Å². The largest absolute Gasteiger partial charge is 0.494 e. The van der Waals surface area contributed by atoms with E-state index in [0.717, 1.165) is 42.9 Å². The molecule has 2 nitrogen and oxygen atoms in total. The first-order valence-corrected chi connectivity index (χ1v) is 8.23. The van der Waals surface area contributed by atoms with Crippen LogP contribution in [0.25, 0.3) is 10.8 Å². The number of hydrogen-bond acceptors (Lipinski definition) is 2. The Morgan fingerprint density at radius 2 is 1.90 bits per heavy atom. The highest BCUT2D eigenvalue weighted by atomic mass is 79.9. The summed E-state index contributed by atoms with van der Waals surface area (Å²) in [6, 6.07) is 10.4. The molecule has 0 aromatic heterocycles. The van der Waals surface area contributed by atoms with Crippen molar-refractivity contribution >= 4 is 26.7 Å². The second-order valence-corrected chi connectivity index (χ2v) is 5.60. The lowest BCUT2D eigenvalue weighted by atomic mass is 10.0. The van der Waals surface area contributed by atoms with Gasteiger partial charge < -0.3 is 9.47 Å². The maximum atomic E-state index is 5.77. The van der Waals surface area contributed by atoms with E-state index >= 15 is 0 Å². The third-order valence-electron chi connectivity index (χ3n) is 3.22. The van der Waals surface area contributed by atoms with Gasteiger partial charge in [-0.3, -0.25) is 0 Å². The van der Waals surface area contributed by atoms with E-state index in [1.165, 1.54) is 16.3 Å². The van der Waals surface area contributed by atoms with Gasteiger partial charge in [-0.15, -0.1) is 0 Å². The summed E-state index contributed by atoms with van der Waals surface area (Å²) in [4.78, 5) is 0. The number of benzene rings is 2. The van der Waals surface area contributed by atoms with Crippen molar-refractivity contribution in [3.63, 3.8) is 0 Å². The van der Waals surface area contributed by atoms with Gasteiger partial charge in [0.05, 0.1) is 13.2 Å². The average Bonchev–Trinajstić information content (AvgIpc) is 2.47. The summed E-state index contributed by atoms with van der Waals surface area (Å²) in [6.07, 6.45) is 2.04.